The van der Waals surface area contributed by atoms with Crippen LogP contribution in [0.15, 0.2) is 29.2 Å². The van der Waals surface area contributed by atoms with Gasteiger partial charge in [-0.25, -0.2) is 13.1 Å². The minimum absolute atomic E-state index is 0.163. The van der Waals surface area contributed by atoms with Crippen LogP contribution in [0.25, 0.3) is 0 Å². The molecule has 1 fully saturated rings. The van der Waals surface area contributed by atoms with E-state index in [1.54, 1.807) is 0 Å². The van der Waals surface area contributed by atoms with Crippen LogP contribution in [0.3, 0.4) is 0 Å². The molecular weight excluding hydrogens is 278 g/mol. The lowest BCUT2D eigenvalue weighted by atomic mass is 10.2. The Kier molecular flexibility index (Phi) is 4.74. The summed E-state index contributed by atoms with van der Waals surface area (Å²) in [7, 11) is -1.98. The zero-order valence-corrected chi connectivity index (χ0v) is 12.2. The van der Waals surface area contributed by atoms with Crippen molar-refractivity contribution in [2.24, 2.45) is 0 Å². The van der Waals surface area contributed by atoms with Gasteiger partial charge in [-0.1, -0.05) is 0 Å². The summed E-state index contributed by atoms with van der Waals surface area (Å²) in [4.78, 5) is 11.5. The summed E-state index contributed by atoms with van der Waals surface area (Å²) < 4.78 is 26.5. The predicted octanol–water partition coefficient (Wildman–Crippen LogP) is 0.0765. The zero-order valence-electron chi connectivity index (χ0n) is 11.3. The van der Waals surface area contributed by atoms with Crippen molar-refractivity contribution >= 4 is 15.9 Å². The van der Waals surface area contributed by atoms with Crippen molar-refractivity contribution in [2.75, 3.05) is 20.1 Å². The lowest BCUT2D eigenvalue weighted by molar-refractivity contribution is 0.0963. The monoisotopic (exact) mass is 297 g/mol. The predicted molar refractivity (Wildman–Crippen MR) is 76.0 cm³/mol. The van der Waals surface area contributed by atoms with Gasteiger partial charge in [-0.2, -0.15) is 0 Å². The third-order valence-corrected chi connectivity index (χ3v) is 4.56. The molecule has 1 amide bonds. The summed E-state index contributed by atoms with van der Waals surface area (Å²) in [6.45, 7) is 0.982. The normalized spacial score (nSPS) is 15.1. The first-order valence-corrected chi connectivity index (χ1v) is 8.06. The highest BCUT2D eigenvalue weighted by Crippen LogP contribution is 2.17. The van der Waals surface area contributed by atoms with E-state index in [-0.39, 0.29) is 10.8 Å². The summed E-state index contributed by atoms with van der Waals surface area (Å²) >= 11 is 0. The average molecular weight is 297 g/mol. The van der Waals surface area contributed by atoms with Crippen LogP contribution < -0.4 is 15.4 Å². The Morgan fingerprint density at radius 3 is 2.40 bits per heavy atom. The van der Waals surface area contributed by atoms with Gasteiger partial charge in [0.05, 0.1) is 4.90 Å². The van der Waals surface area contributed by atoms with Gasteiger partial charge in [0, 0.05) is 31.7 Å². The van der Waals surface area contributed by atoms with Gasteiger partial charge in [-0.05, 0) is 37.1 Å². The fraction of sp³-hybridized carbons (Fsp3) is 0.462. The molecule has 1 aliphatic rings. The Morgan fingerprint density at radius 1 is 1.20 bits per heavy atom. The van der Waals surface area contributed by atoms with Crippen LogP contribution in [0.1, 0.15) is 23.2 Å². The van der Waals surface area contributed by atoms with E-state index in [9.17, 15) is 13.2 Å². The minimum atomic E-state index is -3.51. The van der Waals surface area contributed by atoms with Crippen molar-refractivity contribution in [1.82, 2.24) is 15.4 Å². The van der Waals surface area contributed by atoms with Crippen LogP contribution in [0.2, 0.25) is 0 Å². The summed E-state index contributed by atoms with van der Waals surface area (Å²) in [5.41, 5.74) is 0.432. The summed E-state index contributed by atoms with van der Waals surface area (Å²) in [5.74, 6) is -0.240. The number of amides is 1. The lowest BCUT2D eigenvalue weighted by Crippen LogP contribution is -2.32. The molecular formula is C13H19N3O3S. The van der Waals surface area contributed by atoms with E-state index in [1.165, 1.54) is 44.2 Å². The van der Waals surface area contributed by atoms with Crippen molar-refractivity contribution in [3.8, 4) is 0 Å². The van der Waals surface area contributed by atoms with E-state index in [4.69, 9.17) is 0 Å². The largest absolute Gasteiger partial charge is 0.355 e. The van der Waals surface area contributed by atoms with E-state index < -0.39 is 10.0 Å². The van der Waals surface area contributed by atoms with E-state index >= 15 is 0 Å². The van der Waals surface area contributed by atoms with Crippen LogP contribution in [0.5, 0.6) is 0 Å². The Morgan fingerprint density at radius 2 is 1.85 bits per heavy atom. The van der Waals surface area contributed by atoms with Crippen molar-refractivity contribution < 1.29 is 13.2 Å². The number of hydrogen-bond donors (Lipinski definition) is 3. The molecule has 0 bridgehead atoms. The fourth-order valence-electron chi connectivity index (χ4n) is 1.76. The molecule has 6 nitrogen and oxygen atoms in total. The molecule has 20 heavy (non-hydrogen) atoms. The second-order valence-corrected chi connectivity index (χ2v) is 6.50. The van der Waals surface area contributed by atoms with Gasteiger partial charge in [0.1, 0.15) is 0 Å². The number of benzene rings is 1. The highest BCUT2D eigenvalue weighted by Gasteiger charge is 2.20. The maximum atomic E-state index is 12.0. The molecule has 0 atom stereocenters. The number of hydrogen-bond acceptors (Lipinski definition) is 4. The van der Waals surface area contributed by atoms with Crippen LogP contribution in [-0.4, -0.2) is 40.5 Å². The minimum Gasteiger partial charge on any atom is -0.355 e. The molecule has 0 unspecified atom stereocenters. The molecule has 0 aliphatic heterocycles. The molecule has 7 heteroatoms. The molecule has 3 N–H and O–H groups in total. The molecule has 110 valence electrons. The van der Waals surface area contributed by atoms with Gasteiger partial charge in [0.15, 0.2) is 0 Å². The Labute approximate surface area is 119 Å². The van der Waals surface area contributed by atoms with Gasteiger partial charge in [-0.3, -0.25) is 4.79 Å². The Hall–Kier alpha value is -1.44. The van der Waals surface area contributed by atoms with E-state index in [1.807, 2.05) is 0 Å². The van der Waals surface area contributed by atoms with Gasteiger partial charge >= 0.3 is 0 Å². The first-order chi connectivity index (χ1) is 9.53. The molecule has 0 radical (unpaired) electrons. The Balaban J connectivity index is 1.92. The van der Waals surface area contributed by atoms with Crippen molar-refractivity contribution in [2.45, 2.75) is 23.8 Å². The highest BCUT2D eigenvalue weighted by molar-refractivity contribution is 7.89. The highest BCUT2D eigenvalue weighted by atomic mass is 32.2. The number of nitrogens with one attached hydrogen (secondary N) is 3. The average Bonchev–Trinajstić information content (AvgIpc) is 3.27. The number of rotatable bonds is 7. The SMILES string of the molecule is CNC(=O)c1ccc(S(=O)(=O)NCCNC2CC2)cc1. The maximum absolute atomic E-state index is 12.0. The first-order valence-electron chi connectivity index (χ1n) is 6.58. The van der Waals surface area contributed by atoms with Crippen LogP contribution in [0, 0.1) is 0 Å². The smallest absolute Gasteiger partial charge is 0.251 e. The number of carbonyl (C=O) groups excluding carboxylic acids is 1. The van der Waals surface area contributed by atoms with Crippen molar-refractivity contribution in [3.63, 3.8) is 0 Å². The van der Waals surface area contributed by atoms with E-state index in [0.29, 0.717) is 24.7 Å². The third kappa shape index (κ3) is 4.03. The standard InChI is InChI=1S/C13H19N3O3S/c1-14-13(17)10-2-6-12(7-3-10)20(18,19)16-9-8-15-11-4-5-11/h2-3,6-7,11,15-16H,4-5,8-9H2,1H3,(H,14,17). The molecule has 0 aromatic heterocycles. The molecule has 1 aliphatic carbocycles. The Bertz CT molecular complexity index is 565. The van der Waals surface area contributed by atoms with Crippen molar-refractivity contribution in [1.29, 1.82) is 0 Å². The molecule has 1 saturated carbocycles. The van der Waals surface area contributed by atoms with Gasteiger partial charge in [0.25, 0.3) is 5.91 Å². The van der Waals surface area contributed by atoms with Gasteiger partial charge in [0.2, 0.25) is 10.0 Å². The van der Waals surface area contributed by atoms with E-state index in [0.717, 1.165) is 0 Å². The summed E-state index contributed by atoms with van der Waals surface area (Å²) in [6, 6.07) is 6.42. The summed E-state index contributed by atoms with van der Waals surface area (Å²) in [6.07, 6.45) is 2.35. The number of carbonyl (C=O) groups is 1. The van der Waals surface area contributed by atoms with Crippen LogP contribution in [-0.2, 0) is 10.0 Å². The third-order valence-electron chi connectivity index (χ3n) is 3.08. The molecule has 0 heterocycles. The molecule has 0 saturated heterocycles. The molecule has 0 spiro atoms. The molecule has 1 aromatic rings. The fourth-order valence-corrected chi connectivity index (χ4v) is 2.79. The quantitative estimate of drug-likeness (QED) is 0.622. The van der Waals surface area contributed by atoms with Crippen LogP contribution >= 0.6 is 0 Å². The molecule has 1 aromatic carbocycles. The second-order valence-electron chi connectivity index (χ2n) is 4.73. The second kappa shape index (κ2) is 6.34. The lowest BCUT2D eigenvalue weighted by Gasteiger charge is -2.08. The maximum Gasteiger partial charge on any atom is 0.251 e. The van der Waals surface area contributed by atoms with E-state index in [2.05, 4.69) is 15.4 Å². The zero-order chi connectivity index (χ0) is 14.6. The van der Waals surface area contributed by atoms with Gasteiger partial charge < -0.3 is 10.6 Å². The molecule has 2 rings (SSSR count). The van der Waals surface area contributed by atoms with Crippen molar-refractivity contribution in [3.05, 3.63) is 29.8 Å². The topological polar surface area (TPSA) is 87.3 Å². The van der Waals surface area contributed by atoms with Crippen LogP contribution in [0.4, 0.5) is 0 Å². The van der Waals surface area contributed by atoms with Gasteiger partial charge in [-0.15, -0.1) is 0 Å². The summed E-state index contributed by atoms with van der Waals surface area (Å²) in [5, 5.41) is 5.72. The first kappa shape index (κ1) is 15.0. The number of sulfonamides is 1.